The van der Waals surface area contributed by atoms with E-state index in [2.05, 4.69) is 17.1 Å². The monoisotopic (exact) mass is 224 g/mol. The number of nitrogens with one attached hydrogen (secondary N) is 1. The van der Waals surface area contributed by atoms with Crippen molar-refractivity contribution in [3.05, 3.63) is 0 Å². The number of likely N-dealkylation sites (tertiary alicyclic amines) is 1. The first-order chi connectivity index (χ1) is 7.92. The van der Waals surface area contributed by atoms with Crippen LogP contribution in [0.15, 0.2) is 0 Å². The van der Waals surface area contributed by atoms with Gasteiger partial charge in [0, 0.05) is 12.1 Å². The second-order valence-corrected chi connectivity index (χ2v) is 5.51. The first-order valence-electron chi connectivity index (χ1n) is 7.39. The van der Waals surface area contributed by atoms with Gasteiger partial charge in [-0.15, -0.1) is 0 Å². The van der Waals surface area contributed by atoms with Crippen molar-refractivity contribution in [2.45, 2.75) is 70.4 Å². The topological polar surface area (TPSA) is 15.3 Å². The summed E-state index contributed by atoms with van der Waals surface area (Å²) in [7, 11) is 0. The summed E-state index contributed by atoms with van der Waals surface area (Å²) in [6, 6.07) is 1.62. The van der Waals surface area contributed by atoms with Gasteiger partial charge in [-0.1, -0.05) is 26.2 Å². The van der Waals surface area contributed by atoms with Gasteiger partial charge in [0.05, 0.1) is 0 Å². The lowest BCUT2D eigenvalue weighted by Crippen LogP contribution is -2.48. The zero-order valence-corrected chi connectivity index (χ0v) is 10.9. The van der Waals surface area contributed by atoms with Crippen molar-refractivity contribution in [1.82, 2.24) is 10.2 Å². The van der Waals surface area contributed by atoms with Crippen molar-refractivity contribution in [3.63, 3.8) is 0 Å². The van der Waals surface area contributed by atoms with Crippen molar-refractivity contribution in [1.29, 1.82) is 0 Å². The Hall–Kier alpha value is -0.0800. The van der Waals surface area contributed by atoms with Gasteiger partial charge in [0.15, 0.2) is 0 Å². The van der Waals surface area contributed by atoms with Crippen LogP contribution in [-0.2, 0) is 0 Å². The number of nitrogens with zero attached hydrogens (tertiary/aromatic N) is 1. The molecule has 0 spiro atoms. The van der Waals surface area contributed by atoms with Gasteiger partial charge in [0.25, 0.3) is 0 Å². The zero-order chi connectivity index (χ0) is 11.2. The van der Waals surface area contributed by atoms with Crippen LogP contribution in [-0.4, -0.2) is 36.6 Å². The lowest BCUT2D eigenvalue weighted by Gasteiger charge is -2.34. The number of hydrogen-bond acceptors (Lipinski definition) is 2. The van der Waals surface area contributed by atoms with E-state index in [1.807, 2.05) is 0 Å². The van der Waals surface area contributed by atoms with Crippen LogP contribution >= 0.6 is 0 Å². The second-order valence-electron chi connectivity index (χ2n) is 5.51. The average molecular weight is 224 g/mol. The Morgan fingerprint density at radius 3 is 2.50 bits per heavy atom. The third-order valence-corrected chi connectivity index (χ3v) is 4.25. The Balaban J connectivity index is 1.91. The lowest BCUT2D eigenvalue weighted by molar-refractivity contribution is 0.181. The Morgan fingerprint density at radius 2 is 1.75 bits per heavy atom. The molecule has 2 rings (SSSR count). The molecule has 2 nitrogen and oxygen atoms in total. The highest BCUT2D eigenvalue weighted by Crippen LogP contribution is 2.25. The van der Waals surface area contributed by atoms with E-state index in [1.165, 1.54) is 71.0 Å². The van der Waals surface area contributed by atoms with Gasteiger partial charge in [-0.3, -0.25) is 4.90 Å². The molecule has 0 aromatic heterocycles. The van der Waals surface area contributed by atoms with Crippen molar-refractivity contribution in [3.8, 4) is 0 Å². The third kappa shape index (κ3) is 3.21. The van der Waals surface area contributed by atoms with Crippen molar-refractivity contribution in [2.24, 2.45) is 0 Å². The molecule has 0 aromatic rings. The molecule has 2 aliphatic rings. The van der Waals surface area contributed by atoms with Crippen molar-refractivity contribution < 1.29 is 0 Å². The van der Waals surface area contributed by atoms with Crippen LogP contribution in [0, 0.1) is 0 Å². The summed E-state index contributed by atoms with van der Waals surface area (Å²) in [6.07, 6.45) is 11.3. The molecule has 0 amide bonds. The average Bonchev–Trinajstić information content (AvgIpc) is 2.73. The molecule has 0 bridgehead atoms. The summed E-state index contributed by atoms with van der Waals surface area (Å²) in [5.41, 5.74) is 0. The molecule has 1 aliphatic heterocycles. The van der Waals surface area contributed by atoms with Gasteiger partial charge in [-0.25, -0.2) is 0 Å². The highest BCUT2D eigenvalue weighted by molar-refractivity contribution is 4.88. The molecule has 2 atom stereocenters. The molecule has 2 heteroatoms. The van der Waals surface area contributed by atoms with Crippen LogP contribution in [0.1, 0.15) is 58.3 Å². The molecule has 0 aromatic carbocycles. The molecule has 1 aliphatic carbocycles. The first-order valence-corrected chi connectivity index (χ1v) is 7.39. The Kier molecular flexibility index (Phi) is 5.11. The van der Waals surface area contributed by atoms with Crippen LogP contribution in [0.4, 0.5) is 0 Å². The van der Waals surface area contributed by atoms with E-state index in [-0.39, 0.29) is 0 Å². The summed E-state index contributed by atoms with van der Waals surface area (Å²) in [4.78, 5) is 2.76. The van der Waals surface area contributed by atoms with E-state index in [0.717, 1.165) is 12.1 Å². The van der Waals surface area contributed by atoms with E-state index in [9.17, 15) is 0 Å². The molecule has 1 saturated carbocycles. The maximum absolute atomic E-state index is 3.80. The van der Waals surface area contributed by atoms with E-state index in [0.29, 0.717) is 0 Å². The zero-order valence-electron chi connectivity index (χ0n) is 10.9. The van der Waals surface area contributed by atoms with Gasteiger partial charge < -0.3 is 5.32 Å². The smallest absolute Gasteiger partial charge is 0.0249 e. The number of rotatable bonds is 4. The van der Waals surface area contributed by atoms with Crippen LogP contribution in [0.25, 0.3) is 0 Å². The van der Waals surface area contributed by atoms with Crippen LogP contribution in [0.3, 0.4) is 0 Å². The minimum absolute atomic E-state index is 0.778. The minimum atomic E-state index is 0.778. The summed E-state index contributed by atoms with van der Waals surface area (Å²) in [5.74, 6) is 0. The maximum atomic E-state index is 3.80. The largest absolute Gasteiger partial charge is 0.312 e. The van der Waals surface area contributed by atoms with Crippen LogP contribution in [0.5, 0.6) is 0 Å². The van der Waals surface area contributed by atoms with Gasteiger partial charge in [0.2, 0.25) is 0 Å². The molecule has 2 unspecified atom stereocenters. The van der Waals surface area contributed by atoms with E-state index >= 15 is 0 Å². The predicted octanol–water partition coefficient (Wildman–Crippen LogP) is 2.78. The van der Waals surface area contributed by atoms with E-state index in [1.54, 1.807) is 0 Å². The predicted molar refractivity (Wildman–Crippen MR) is 69.8 cm³/mol. The van der Waals surface area contributed by atoms with E-state index < -0.39 is 0 Å². The normalized spacial score (nSPS) is 32.8. The summed E-state index contributed by atoms with van der Waals surface area (Å²) in [6.45, 7) is 6.19. The fourth-order valence-electron chi connectivity index (χ4n) is 3.37. The fourth-order valence-corrected chi connectivity index (χ4v) is 3.37. The van der Waals surface area contributed by atoms with Gasteiger partial charge in [-0.05, 0) is 51.7 Å². The first kappa shape index (κ1) is 12.4. The number of hydrogen-bond donors (Lipinski definition) is 1. The SMILES string of the molecule is CCCNC1CCCCCC1N1CCCC1. The molecule has 2 fully saturated rings. The Bertz CT molecular complexity index is 187. The van der Waals surface area contributed by atoms with E-state index in [4.69, 9.17) is 0 Å². The maximum Gasteiger partial charge on any atom is 0.0249 e. The molecule has 16 heavy (non-hydrogen) atoms. The highest BCUT2D eigenvalue weighted by atomic mass is 15.2. The quantitative estimate of drug-likeness (QED) is 0.739. The molecular formula is C14H28N2. The van der Waals surface area contributed by atoms with Crippen molar-refractivity contribution >= 4 is 0 Å². The Labute approximate surface area is 101 Å². The fraction of sp³-hybridized carbons (Fsp3) is 1.00. The van der Waals surface area contributed by atoms with Crippen molar-refractivity contribution in [2.75, 3.05) is 19.6 Å². The third-order valence-electron chi connectivity index (χ3n) is 4.25. The second kappa shape index (κ2) is 6.61. The van der Waals surface area contributed by atoms with Gasteiger partial charge in [0.1, 0.15) is 0 Å². The van der Waals surface area contributed by atoms with Crippen LogP contribution in [0.2, 0.25) is 0 Å². The molecule has 1 saturated heterocycles. The summed E-state index contributed by atoms with van der Waals surface area (Å²) in [5, 5.41) is 3.80. The molecule has 1 heterocycles. The molecule has 0 radical (unpaired) electrons. The Morgan fingerprint density at radius 1 is 1.00 bits per heavy atom. The molecule has 94 valence electrons. The summed E-state index contributed by atoms with van der Waals surface area (Å²) >= 11 is 0. The van der Waals surface area contributed by atoms with Gasteiger partial charge >= 0.3 is 0 Å². The standard InChI is InChI=1S/C14H28N2/c1-2-10-15-13-8-4-3-5-9-14(13)16-11-6-7-12-16/h13-15H,2-12H2,1H3. The van der Waals surface area contributed by atoms with Gasteiger partial charge in [-0.2, -0.15) is 0 Å². The minimum Gasteiger partial charge on any atom is -0.312 e. The molecular weight excluding hydrogens is 196 g/mol. The highest BCUT2D eigenvalue weighted by Gasteiger charge is 2.29. The summed E-state index contributed by atoms with van der Waals surface area (Å²) < 4.78 is 0. The molecule has 1 N–H and O–H groups in total. The lowest BCUT2D eigenvalue weighted by atomic mass is 10.0. The van der Waals surface area contributed by atoms with Crippen LogP contribution < -0.4 is 5.32 Å².